The zero-order chi connectivity index (χ0) is 13.8. The summed E-state index contributed by atoms with van der Waals surface area (Å²) in [6, 6.07) is 4.86. The van der Waals surface area contributed by atoms with Crippen molar-refractivity contribution in [2.75, 3.05) is 6.54 Å². The molecular weight excluding hydrogens is 259 g/mol. The first kappa shape index (κ1) is 14.2. The van der Waals surface area contributed by atoms with E-state index in [2.05, 4.69) is 17.2 Å². The highest BCUT2D eigenvalue weighted by Gasteiger charge is 2.11. The number of nitrogens with one attached hydrogen (secondary N) is 1. The Morgan fingerprint density at radius 1 is 1.32 bits per heavy atom. The molecule has 0 amide bonds. The smallest absolute Gasteiger partial charge is 0.124 e. The first-order chi connectivity index (χ1) is 9.11. The normalized spacial score (nSPS) is 10.9. The summed E-state index contributed by atoms with van der Waals surface area (Å²) < 4.78 is 13.1. The third-order valence-electron chi connectivity index (χ3n) is 3.02. The molecule has 1 heterocycles. The molecule has 0 aliphatic rings. The van der Waals surface area contributed by atoms with Gasteiger partial charge in [0.1, 0.15) is 10.8 Å². The monoisotopic (exact) mass is 278 g/mol. The largest absolute Gasteiger partial charge is 0.312 e. The van der Waals surface area contributed by atoms with Gasteiger partial charge in [-0.2, -0.15) is 0 Å². The molecule has 1 aromatic heterocycles. The maximum Gasteiger partial charge on any atom is 0.124 e. The molecule has 0 unspecified atom stereocenters. The summed E-state index contributed by atoms with van der Waals surface area (Å²) in [7, 11) is 0. The van der Waals surface area contributed by atoms with Crippen LogP contribution in [0.3, 0.4) is 0 Å². The first-order valence-electron chi connectivity index (χ1n) is 6.55. The van der Waals surface area contributed by atoms with Gasteiger partial charge in [0, 0.05) is 17.0 Å². The molecule has 0 fully saturated rings. The first-order valence-corrected chi connectivity index (χ1v) is 7.37. The van der Waals surface area contributed by atoms with Crippen molar-refractivity contribution >= 4 is 11.3 Å². The van der Waals surface area contributed by atoms with Gasteiger partial charge in [0.2, 0.25) is 0 Å². The van der Waals surface area contributed by atoms with Crippen LogP contribution in [0.2, 0.25) is 0 Å². The van der Waals surface area contributed by atoms with Crippen LogP contribution in [0.1, 0.15) is 29.5 Å². The summed E-state index contributed by atoms with van der Waals surface area (Å²) in [5, 5.41) is 4.37. The van der Waals surface area contributed by atoms with Crippen LogP contribution in [0.5, 0.6) is 0 Å². The molecule has 0 aliphatic carbocycles. The lowest BCUT2D eigenvalue weighted by atomic mass is 10.1. The molecule has 0 radical (unpaired) electrons. The van der Waals surface area contributed by atoms with Crippen LogP contribution >= 0.6 is 11.3 Å². The van der Waals surface area contributed by atoms with Crippen molar-refractivity contribution in [1.82, 2.24) is 10.3 Å². The van der Waals surface area contributed by atoms with Crippen molar-refractivity contribution in [3.8, 4) is 10.6 Å². The van der Waals surface area contributed by atoms with Crippen molar-refractivity contribution in [2.24, 2.45) is 0 Å². The highest BCUT2D eigenvalue weighted by atomic mass is 32.1. The second-order valence-electron chi connectivity index (χ2n) is 4.66. The fourth-order valence-electron chi connectivity index (χ4n) is 1.95. The molecule has 1 N–H and O–H groups in total. The van der Waals surface area contributed by atoms with Crippen LogP contribution in [-0.4, -0.2) is 11.5 Å². The van der Waals surface area contributed by atoms with Crippen LogP contribution in [0, 0.1) is 19.7 Å². The Balaban J connectivity index is 2.23. The van der Waals surface area contributed by atoms with Gasteiger partial charge in [-0.25, -0.2) is 9.37 Å². The van der Waals surface area contributed by atoms with Crippen molar-refractivity contribution in [3.63, 3.8) is 0 Å². The fourth-order valence-corrected chi connectivity index (χ4v) is 3.08. The summed E-state index contributed by atoms with van der Waals surface area (Å²) in [6.07, 6.45) is 1.13. The number of aromatic nitrogens is 1. The molecule has 2 rings (SSSR count). The van der Waals surface area contributed by atoms with Gasteiger partial charge in [0.25, 0.3) is 0 Å². The lowest BCUT2D eigenvalue weighted by molar-refractivity contribution is 0.627. The van der Waals surface area contributed by atoms with Crippen LogP contribution in [0.15, 0.2) is 18.2 Å². The van der Waals surface area contributed by atoms with Gasteiger partial charge < -0.3 is 5.32 Å². The average molecular weight is 278 g/mol. The number of thiazole rings is 1. The average Bonchev–Trinajstić information content (AvgIpc) is 2.71. The number of rotatable bonds is 5. The molecule has 4 heteroatoms. The van der Waals surface area contributed by atoms with Crippen molar-refractivity contribution in [1.29, 1.82) is 0 Å². The fraction of sp³-hybridized carbons (Fsp3) is 0.400. The summed E-state index contributed by atoms with van der Waals surface area (Å²) in [6.45, 7) is 7.98. The topological polar surface area (TPSA) is 24.9 Å². The SMILES string of the molecule is CCCNCc1sc(-c2ccc(F)cc2C)nc1C. The van der Waals surface area contributed by atoms with Gasteiger partial charge in [-0.3, -0.25) is 0 Å². The minimum absolute atomic E-state index is 0.195. The van der Waals surface area contributed by atoms with Crippen LogP contribution in [0.25, 0.3) is 10.6 Å². The summed E-state index contributed by atoms with van der Waals surface area (Å²) in [5.74, 6) is -0.195. The standard InChI is InChI=1S/C15H19FN2S/c1-4-7-17-9-14-11(3)18-15(19-14)13-6-5-12(16)8-10(13)2/h5-6,8,17H,4,7,9H2,1-3H3. The Bertz CT molecular complexity index is 563. The van der Waals surface area contributed by atoms with Crippen LogP contribution in [0.4, 0.5) is 4.39 Å². The lowest BCUT2D eigenvalue weighted by Crippen LogP contribution is -2.13. The highest BCUT2D eigenvalue weighted by Crippen LogP contribution is 2.30. The number of nitrogens with zero attached hydrogens (tertiary/aromatic N) is 1. The maximum atomic E-state index is 13.1. The van der Waals surface area contributed by atoms with Gasteiger partial charge >= 0.3 is 0 Å². The Morgan fingerprint density at radius 2 is 2.11 bits per heavy atom. The Kier molecular flexibility index (Phi) is 4.66. The molecule has 0 atom stereocenters. The summed E-state index contributed by atoms with van der Waals surface area (Å²) >= 11 is 1.69. The van der Waals surface area contributed by atoms with Gasteiger partial charge in [-0.15, -0.1) is 11.3 Å². The second kappa shape index (κ2) is 6.26. The van der Waals surface area contributed by atoms with E-state index in [1.807, 2.05) is 19.9 Å². The number of hydrogen-bond donors (Lipinski definition) is 1. The van der Waals surface area contributed by atoms with E-state index >= 15 is 0 Å². The Hall–Kier alpha value is -1.26. The molecule has 2 aromatic rings. The molecule has 0 saturated heterocycles. The minimum Gasteiger partial charge on any atom is -0.312 e. The minimum atomic E-state index is -0.195. The van der Waals surface area contributed by atoms with Crippen molar-refractivity contribution in [2.45, 2.75) is 33.7 Å². The Morgan fingerprint density at radius 3 is 2.79 bits per heavy atom. The van der Waals surface area contributed by atoms with Crippen LogP contribution in [-0.2, 0) is 6.54 Å². The molecule has 0 bridgehead atoms. The van der Waals surface area contributed by atoms with E-state index in [9.17, 15) is 4.39 Å². The van der Waals surface area contributed by atoms with Crippen LogP contribution < -0.4 is 5.32 Å². The summed E-state index contributed by atoms with van der Waals surface area (Å²) in [4.78, 5) is 5.86. The highest BCUT2D eigenvalue weighted by molar-refractivity contribution is 7.15. The van der Waals surface area contributed by atoms with Crippen molar-refractivity contribution in [3.05, 3.63) is 40.2 Å². The molecule has 2 nitrogen and oxygen atoms in total. The molecule has 0 aliphatic heterocycles. The molecule has 0 saturated carbocycles. The van der Waals surface area contributed by atoms with E-state index in [0.717, 1.165) is 41.3 Å². The molecule has 102 valence electrons. The van der Waals surface area contributed by atoms with E-state index in [4.69, 9.17) is 0 Å². The molecule has 19 heavy (non-hydrogen) atoms. The third kappa shape index (κ3) is 3.39. The van der Waals surface area contributed by atoms with Gasteiger partial charge in [0.15, 0.2) is 0 Å². The molecular formula is C15H19FN2S. The Labute approximate surface area is 117 Å². The molecule has 0 spiro atoms. The van der Waals surface area contributed by atoms with E-state index in [1.165, 1.54) is 10.9 Å². The quantitative estimate of drug-likeness (QED) is 0.834. The number of benzene rings is 1. The predicted molar refractivity (Wildman–Crippen MR) is 79.0 cm³/mol. The third-order valence-corrected chi connectivity index (χ3v) is 4.21. The predicted octanol–water partition coefficient (Wildman–Crippen LogP) is 4.07. The summed E-state index contributed by atoms with van der Waals surface area (Å²) in [5.41, 5.74) is 3.02. The second-order valence-corrected chi connectivity index (χ2v) is 5.75. The van der Waals surface area contributed by atoms with E-state index in [-0.39, 0.29) is 5.82 Å². The van der Waals surface area contributed by atoms with E-state index < -0.39 is 0 Å². The van der Waals surface area contributed by atoms with E-state index in [0.29, 0.717) is 0 Å². The number of halogens is 1. The number of aryl methyl sites for hydroxylation is 2. The van der Waals surface area contributed by atoms with Gasteiger partial charge in [-0.05, 0) is 50.6 Å². The zero-order valence-corrected chi connectivity index (χ0v) is 12.4. The van der Waals surface area contributed by atoms with Crippen molar-refractivity contribution < 1.29 is 4.39 Å². The van der Waals surface area contributed by atoms with Gasteiger partial charge in [0.05, 0.1) is 5.69 Å². The maximum absolute atomic E-state index is 13.1. The molecule has 1 aromatic carbocycles. The van der Waals surface area contributed by atoms with E-state index in [1.54, 1.807) is 17.4 Å². The zero-order valence-electron chi connectivity index (χ0n) is 11.6. The van der Waals surface area contributed by atoms with Gasteiger partial charge in [-0.1, -0.05) is 6.92 Å². The lowest BCUT2D eigenvalue weighted by Gasteiger charge is -2.01. The number of hydrogen-bond acceptors (Lipinski definition) is 3.